The van der Waals surface area contributed by atoms with Crippen molar-refractivity contribution in [2.75, 3.05) is 4.90 Å². The van der Waals surface area contributed by atoms with E-state index in [9.17, 15) is 0 Å². The summed E-state index contributed by atoms with van der Waals surface area (Å²) in [5.41, 5.74) is 5.13. The monoisotopic (exact) mass is 365 g/mol. The van der Waals surface area contributed by atoms with Crippen molar-refractivity contribution in [2.24, 2.45) is 0 Å². The fourth-order valence-electron chi connectivity index (χ4n) is 3.29. The van der Waals surface area contributed by atoms with E-state index in [0.717, 1.165) is 16.8 Å². The first-order chi connectivity index (χ1) is 11.2. The molecule has 0 radical (unpaired) electrons. The number of halogens is 1. The molecule has 0 N–H and O–H groups in total. The van der Waals surface area contributed by atoms with Gasteiger partial charge in [0.1, 0.15) is 0 Å². The number of hydrogen-bond donors (Lipinski definition) is 0. The zero-order valence-corrected chi connectivity index (χ0v) is 14.4. The summed E-state index contributed by atoms with van der Waals surface area (Å²) in [7, 11) is 0. The van der Waals surface area contributed by atoms with E-state index < -0.39 is 0 Å². The zero-order chi connectivity index (χ0) is 15.8. The topological polar surface area (TPSA) is 29.0 Å². The Morgan fingerprint density at radius 3 is 2.48 bits per heavy atom. The molecule has 0 bridgehead atoms. The van der Waals surface area contributed by atoms with Crippen LogP contribution >= 0.6 is 15.9 Å². The predicted octanol–water partition coefficient (Wildman–Crippen LogP) is 4.98. The van der Waals surface area contributed by atoms with E-state index in [1.54, 1.807) is 12.4 Å². The maximum Gasteiger partial charge on any atom is 0.230 e. The molecule has 1 atom stereocenters. The van der Waals surface area contributed by atoms with Gasteiger partial charge in [-0.3, -0.25) is 0 Å². The highest BCUT2D eigenvalue weighted by molar-refractivity contribution is 9.10. The van der Waals surface area contributed by atoms with E-state index in [4.69, 9.17) is 0 Å². The van der Waals surface area contributed by atoms with E-state index >= 15 is 0 Å². The van der Waals surface area contributed by atoms with Crippen LogP contribution in [0.5, 0.6) is 0 Å². The van der Waals surface area contributed by atoms with E-state index in [-0.39, 0.29) is 6.04 Å². The van der Waals surface area contributed by atoms with Crippen molar-refractivity contribution in [2.45, 2.75) is 19.4 Å². The Kier molecular flexibility index (Phi) is 3.62. The smallest absolute Gasteiger partial charge is 0.230 e. The summed E-state index contributed by atoms with van der Waals surface area (Å²) in [4.78, 5) is 11.3. The van der Waals surface area contributed by atoms with Crippen LogP contribution in [-0.2, 0) is 6.42 Å². The van der Waals surface area contributed by atoms with Crippen LogP contribution in [0.2, 0.25) is 0 Å². The maximum atomic E-state index is 4.50. The lowest BCUT2D eigenvalue weighted by atomic mass is 10.0. The minimum Gasteiger partial charge on any atom is -0.302 e. The average molecular weight is 366 g/mol. The molecular formula is C19H16BrN3. The van der Waals surface area contributed by atoms with Crippen LogP contribution in [0, 0.1) is 6.92 Å². The maximum absolute atomic E-state index is 4.50. The molecule has 0 amide bonds. The van der Waals surface area contributed by atoms with Crippen molar-refractivity contribution < 1.29 is 0 Å². The molecule has 4 heteroatoms. The number of aromatic nitrogens is 2. The van der Waals surface area contributed by atoms with Gasteiger partial charge in [-0.2, -0.15) is 0 Å². The summed E-state index contributed by atoms with van der Waals surface area (Å²) < 4.78 is 1.09. The Morgan fingerprint density at radius 2 is 1.74 bits per heavy atom. The SMILES string of the molecule is Cc1cccc2c1N(c1ncccn1)C(c1ccc(Br)cc1)C2. The number of benzene rings is 2. The molecule has 23 heavy (non-hydrogen) atoms. The van der Waals surface area contributed by atoms with E-state index in [1.807, 2.05) is 6.07 Å². The summed E-state index contributed by atoms with van der Waals surface area (Å²) in [6.07, 6.45) is 4.57. The van der Waals surface area contributed by atoms with Gasteiger partial charge in [0.2, 0.25) is 5.95 Å². The number of hydrogen-bond acceptors (Lipinski definition) is 3. The molecule has 1 aliphatic rings. The normalized spacial score (nSPS) is 16.4. The van der Waals surface area contributed by atoms with Crippen molar-refractivity contribution in [1.82, 2.24) is 9.97 Å². The molecule has 3 aromatic rings. The molecular weight excluding hydrogens is 350 g/mol. The summed E-state index contributed by atoms with van der Waals surface area (Å²) in [5, 5.41) is 0. The number of para-hydroxylation sites is 1. The lowest BCUT2D eigenvalue weighted by Gasteiger charge is -2.26. The minimum absolute atomic E-state index is 0.224. The molecule has 1 unspecified atom stereocenters. The summed E-state index contributed by atoms with van der Waals surface area (Å²) in [6, 6.07) is 17.1. The summed E-state index contributed by atoms with van der Waals surface area (Å²) >= 11 is 3.52. The molecule has 0 spiro atoms. The lowest BCUT2D eigenvalue weighted by Crippen LogP contribution is -2.22. The Bertz CT molecular complexity index is 831. The molecule has 1 aliphatic heterocycles. The van der Waals surface area contributed by atoms with Gasteiger partial charge in [0.05, 0.1) is 11.7 Å². The fraction of sp³-hybridized carbons (Fsp3) is 0.158. The van der Waals surface area contributed by atoms with Crippen LogP contribution < -0.4 is 4.90 Å². The molecule has 0 saturated heterocycles. The summed E-state index contributed by atoms with van der Waals surface area (Å²) in [6.45, 7) is 2.15. The predicted molar refractivity (Wildman–Crippen MR) is 95.9 cm³/mol. The molecule has 3 nitrogen and oxygen atoms in total. The van der Waals surface area contributed by atoms with Crippen LogP contribution in [0.4, 0.5) is 11.6 Å². The first kappa shape index (κ1) is 14.4. The molecule has 2 aromatic carbocycles. The van der Waals surface area contributed by atoms with Gasteiger partial charge in [-0.05, 0) is 48.2 Å². The molecule has 0 aliphatic carbocycles. The second-order valence-electron chi connectivity index (χ2n) is 5.77. The Labute approximate surface area is 144 Å². The third-order valence-electron chi connectivity index (χ3n) is 4.31. The Morgan fingerprint density at radius 1 is 1.00 bits per heavy atom. The number of fused-ring (bicyclic) bond motifs is 1. The molecule has 114 valence electrons. The van der Waals surface area contributed by atoms with Crippen LogP contribution in [0.1, 0.15) is 22.7 Å². The van der Waals surface area contributed by atoms with E-state index in [0.29, 0.717) is 0 Å². The standard InChI is InChI=1S/C19H16BrN3/c1-13-4-2-5-15-12-17(14-6-8-16(20)9-7-14)23(18(13)15)19-21-10-3-11-22-19/h2-11,17H,12H2,1H3. The van der Waals surface area contributed by atoms with Crippen LogP contribution in [0.15, 0.2) is 65.4 Å². The van der Waals surface area contributed by atoms with Gasteiger partial charge in [0, 0.05) is 16.9 Å². The van der Waals surface area contributed by atoms with Gasteiger partial charge in [0.15, 0.2) is 0 Å². The first-order valence-electron chi connectivity index (χ1n) is 7.64. The van der Waals surface area contributed by atoms with Gasteiger partial charge in [-0.25, -0.2) is 9.97 Å². The zero-order valence-electron chi connectivity index (χ0n) is 12.8. The molecule has 4 rings (SSSR count). The number of nitrogens with zero attached hydrogens (tertiary/aromatic N) is 3. The van der Waals surface area contributed by atoms with Crippen LogP contribution in [0.3, 0.4) is 0 Å². The van der Waals surface area contributed by atoms with E-state index in [1.165, 1.54) is 22.4 Å². The van der Waals surface area contributed by atoms with Gasteiger partial charge in [0.25, 0.3) is 0 Å². The van der Waals surface area contributed by atoms with Gasteiger partial charge < -0.3 is 4.90 Å². The van der Waals surface area contributed by atoms with Crippen molar-refractivity contribution in [3.05, 3.63) is 82.1 Å². The first-order valence-corrected chi connectivity index (χ1v) is 8.43. The Balaban J connectivity index is 1.87. The van der Waals surface area contributed by atoms with Crippen molar-refractivity contribution >= 4 is 27.6 Å². The third kappa shape index (κ3) is 2.53. The highest BCUT2D eigenvalue weighted by Gasteiger charge is 2.34. The Hall–Kier alpha value is -2.20. The number of anilines is 2. The molecule has 0 saturated carbocycles. The quantitative estimate of drug-likeness (QED) is 0.640. The molecule has 0 fully saturated rings. The number of aryl methyl sites for hydroxylation is 1. The van der Waals surface area contributed by atoms with Crippen LogP contribution in [0.25, 0.3) is 0 Å². The van der Waals surface area contributed by atoms with Crippen molar-refractivity contribution in [1.29, 1.82) is 0 Å². The molecule has 1 aromatic heterocycles. The summed E-state index contributed by atoms with van der Waals surface area (Å²) in [5.74, 6) is 0.758. The van der Waals surface area contributed by atoms with E-state index in [2.05, 4.69) is 80.2 Å². The van der Waals surface area contributed by atoms with Crippen LogP contribution in [-0.4, -0.2) is 9.97 Å². The number of rotatable bonds is 2. The second-order valence-corrected chi connectivity index (χ2v) is 6.69. The van der Waals surface area contributed by atoms with Gasteiger partial charge >= 0.3 is 0 Å². The third-order valence-corrected chi connectivity index (χ3v) is 4.84. The molecule has 2 heterocycles. The van der Waals surface area contributed by atoms with Gasteiger partial charge in [-0.15, -0.1) is 0 Å². The van der Waals surface area contributed by atoms with Crippen molar-refractivity contribution in [3.8, 4) is 0 Å². The highest BCUT2D eigenvalue weighted by atomic mass is 79.9. The second kappa shape index (κ2) is 5.78. The average Bonchev–Trinajstić information content (AvgIpc) is 2.97. The van der Waals surface area contributed by atoms with Crippen molar-refractivity contribution in [3.63, 3.8) is 0 Å². The fourth-order valence-corrected chi connectivity index (χ4v) is 3.56. The minimum atomic E-state index is 0.224. The highest BCUT2D eigenvalue weighted by Crippen LogP contribution is 2.45. The lowest BCUT2D eigenvalue weighted by molar-refractivity contribution is 0.723. The largest absolute Gasteiger partial charge is 0.302 e. The van der Waals surface area contributed by atoms with Gasteiger partial charge in [-0.1, -0.05) is 46.3 Å².